The number of nitrogens with one attached hydrogen (secondary N) is 1. The zero-order chi connectivity index (χ0) is 16.9. The minimum absolute atomic E-state index is 0.0479. The summed E-state index contributed by atoms with van der Waals surface area (Å²) in [6.07, 6.45) is 1.43. The molecule has 0 bridgehead atoms. The van der Waals surface area contributed by atoms with Crippen molar-refractivity contribution in [2.45, 2.75) is 32.4 Å². The molecule has 2 amide bonds. The zero-order valence-electron chi connectivity index (χ0n) is 13.8. The lowest BCUT2D eigenvalue weighted by molar-refractivity contribution is 0.0798. The molecule has 1 atom stereocenters. The Morgan fingerprint density at radius 3 is 2.75 bits per heavy atom. The maximum absolute atomic E-state index is 12.3. The number of nitrogens with zero attached hydrogens (tertiary/aromatic N) is 2. The number of benzene rings is 1. The minimum Gasteiger partial charge on any atom is -0.393 e. The van der Waals surface area contributed by atoms with E-state index in [2.05, 4.69) is 10.3 Å². The molecular formula is C18H23N3O2S. The van der Waals surface area contributed by atoms with Crippen LogP contribution >= 0.6 is 11.3 Å². The lowest BCUT2D eigenvalue weighted by Gasteiger charge is -2.33. The SMILES string of the molecule is CC(O)C1CCN(C(=O)NCc2csc(-c3ccccc3)n2)CC1. The van der Waals surface area contributed by atoms with Crippen LogP contribution in [0.5, 0.6) is 0 Å². The molecule has 0 spiro atoms. The van der Waals surface area contributed by atoms with E-state index in [1.54, 1.807) is 11.3 Å². The van der Waals surface area contributed by atoms with E-state index in [0.29, 0.717) is 25.6 Å². The molecule has 1 aliphatic rings. The third kappa shape index (κ3) is 4.13. The van der Waals surface area contributed by atoms with Crippen LogP contribution in [-0.2, 0) is 6.54 Å². The Kier molecular flexibility index (Phi) is 5.48. The maximum Gasteiger partial charge on any atom is 0.317 e. The van der Waals surface area contributed by atoms with E-state index in [0.717, 1.165) is 29.1 Å². The predicted molar refractivity (Wildman–Crippen MR) is 95.8 cm³/mol. The van der Waals surface area contributed by atoms with Gasteiger partial charge in [0.15, 0.2) is 0 Å². The number of aliphatic hydroxyl groups excluding tert-OH is 1. The molecule has 1 saturated heterocycles. The van der Waals surface area contributed by atoms with Crippen LogP contribution in [0, 0.1) is 5.92 Å². The Labute approximate surface area is 146 Å². The molecule has 2 aromatic rings. The standard InChI is InChI=1S/C18H23N3O2S/c1-13(22)14-7-9-21(10-8-14)18(23)19-11-16-12-24-17(20-16)15-5-3-2-4-6-15/h2-6,12-14,22H,7-11H2,1H3,(H,19,23). The number of urea groups is 1. The van der Waals surface area contributed by atoms with Crippen molar-refractivity contribution < 1.29 is 9.90 Å². The first-order valence-corrected chi connectivity index (χ1v) is 9.22. The summed E-state index contributed by atoms with van der Waals surface area (Å²) in [7, 11) is 0. The number of hydrogen-bond acceptors (Lipinski definition) is 4. The summed E-state index contributed by atoms with van der Waals surface area (Å²) in [5.41, 5.74) is 1.98. The highest BCUT2D eigenvalue weighted by Crippen LogP contribution is 2.23. The maximum atomic E-state index is 12.3. The second-order valence-electron chi connectivity index (χ2n) is 6.23. The number of aromatic nitrogens is 1. The van der Waals surface area contributed by atoms with Crippen LogP contribution in [0.1, 0.15) is 25.5 Å². The molecule has 0 radical (unpaired) electrons. The van der Waals surface area contributed by atoms with Crippen LogP contribution < -0.4 is 5.32 Å². The van der Waals surface area contributed by atoms with E-state index < -0.39 is 0 Å². The van der Waals surface area contributed by atoms with Gasteiger partial charge in [-0.3, -0.25) is 0 Å². The highest BCUT2D eigenvalue weighted by atomic mass is 32.1. The molecule has 1 fully saturated rings. The second kappa shape index (κ2) is 7.77. The average molecular weight is 345 g/mol. The fourth-order valence-corrected chi connectivity index (χ4v) is 3.79. The van der Waals surface area contributed by atoms with Gasteiger partial charge in [0.25, 0.3) is 0 Å². The van der Waals surface area contributed by atoms with Crippen molar-refractivity contribution in [2.75, 3.05) is 13.1 Å². The van der Waals surface area contributed by atoms with E-state index in [1.165, 1.54) is 0 Å². The first kappa shape index (κ1) is 16.9. The van der Waals surface area contributed by atoms with Crippen molar-refractivity contribution in [3.05, 3.63) is 41.4 Å². The fraction of sp³-hybridized carbons (Fsp3) is 0.444. The summed E-state index contributed by atoms with van der Waals surface area (Å²) in [6, 6.07) is 10.00. The van der Waals surface area contributed by atoms with Gasteiger partial charge in [-0.25, -0.2) is 9.78 Å². The molecule has 1 unspecified atom stereocenters. The molecule has 3 rings (SSSR count). The van der Waals surface area contributed by atoms with E-state index in [1.807, 2.05) is 47.5 Å². The highest BCUT2D eigenvalue weighted by molar-refractivity contribution is 7.13. The van der Waals surface area contributed by atoms with Gasteiger partial charge in [0.1, 0.15) is 5.01 Å². The van der Waals surface area contributed by atoms with Crippen molar-refractivity contribution in [1.82, 2.24) is 15.2 Å². The number of piperidine rings is 1. The van der Waals surface area contributed by atoms with Crippen molar-refractivity contribution in [1.29, 1.82) is 0 Å². The van der Waals surface area contributed by atoms with Crippen LogP contribution in [0.15, 0.2) is 35.7 Å². The van der Waals surface area contributed by atoms with Gasteiger partial charge in [-0.15, -0.1) is 11.3 Å². The third-order valence-corrected chi connectivity index (χ3v) is 5.44. The van der Waals surface area contributed by atoms with Gasteiger partial charge in [0, 0.05) is 24.0 Å². The molecule has 2 N–H and O–H groups in total. The number of rotatable bonds is 4. The molecule has 6 heteroatoms. The second-order valence-corrected chi connectivity index (χ2v) is 7.09. The summed E-state index contributed by atoms with van der Waals surface area (Å²) < 4.78 is 0. The van der Waals surface area contributed by atoms with Crippen LogP contribution in [0.3, 0.4) is 0 Å². The molecule has 1 aromatic carbocycles. The monoisotopic (exact) mass is 345 g/mol. The number of carbonyl (C=O) groups is 1. The summed E-state index contributed by atoms with van der Waals surface area (Å²) >= 11 is 1.59. The highest BCUT2D eigenvalue weighted by Gasteiger charge is 2.25. The lowest BCUT2D eigenvalue weighted by Crippen LogP contribution is -2.45. The van der Waals surface area contributed by atoms with Gasteiger partial charge >= 0.3 is 6.03 Å². The number of carbonyl (C=O) groups excluding carboxylic acids is 1. The normalized spacial score (nSPS) is 16.8. The van der Waals surface area contributed by atoms with E-state index >= 15 is 0 Å². The van der Waals surface area contributed by atoms with Crippen molar-refractivity contribution >= 4 is 17.4 Å². The molecule has 0 aliphatic carbocycles. The molecule has 2 heterocycles. The summed E-state index contributed by atoms with van der Waals surface area (Å²) in [6.45, 7) is 3.67. The van der Waals surface area contributed by atoms with Crippen molar-refractivity contribution in [3.63, 3.8) is 0 Å². The predicted octanol–water partition coefficient (Wildman–Crippen LogP) is 3.11. The molecule has 24 heavy (non-hydrogen) atoms. The minimum atomic E-state index is -0.290. The number of likely N-dealkylation sites (tertiary alicyclic amines) is 1. The van der Waals surface area contributed by atoms with Crippen LogP contribution in [0.25, 0.3) is 10.6 Å². The lowest BCUT2D eigenvalue weighted by atomic mass is 9.92. The van der Waals surface area contributed by atoms with E-state index in [-0.39, 0.29) is 12.1 Å². The fourth-order valence-electron chi connectivity index (χ4n) is 2.96. The zero-order valence-corrected chi connectivity index (χ0v) is 14.6. The Balaban J connectivity index is 1.50. The first-order chi connectivity index (χ1) is 11.6. The van der Waals surface area contributed by atoms with Crippen LogP contribution in [0.4, 0.5) is 4.79 Å². The summed E-state index contributed by atoms with van der Waals surface area (Å²) in [5.74, 6) is 0.307. The van der Waals surface area contributed by atoms with Crippen molar-refractivity contribution in [3.8, 4) is 10.6 Å². The number of amides is 2. The Morgan fingerprint density at radius 2 is 2.08 bits per heavy atom. The van der Waals surface area contributed by atoms with E-state index in [4.69, 9.17) is 0 Å². The van der Waals surface area contributed by atoms with Crippen LogP contribution in [0.2, 0.25) is 0 Å². The number of aliphatic hydroxyl groups is 1. The Hall–Kier alpha value is -1.92. The summed E-state index contributed by atoms with van der Waals surface area (Å²) in [5, 5.41) is 15.5. The number of thiazole rings is 1. The van der Waals surface area contributed by atoms with Crippen LogP contribution in [-0.4, -0.2) is 40.2 Å². The molecule has 1 aromatic heterocycles. The Morgan fingerprint density at radius 1 is 1.38 bits per heavy atom. The van der Waals surface area contributed by atoms with Gasteiger partial charge in [-0.05, 0) is 25.7 Å². The van der Waals surface area contributed by atoms with Gasteiger partial charge in [0.2, 0.25) is 0 Å². The van der Waals surface area contributed by atoms with Gasteiger partial charge in [0.05, 0.1) is 18.3 Å². The molecule has 5 nitrogen and oxygen atoms in total. The molecule has 1 aliphatic heterocycles. The van der Waals surface area contributed by atoms with Crippen molar-refractivity contribution in [2.24, 2.45) is 5.92 Å². The number of hydrogen-bond donors (Lipinski definition) is 2. The molecule has 0 saturated carbocycles. The van der Waals surface area contributed by atoms with Gasteiger partial charge in [-0.1, -0.05) is 30.3 Å². The van der Waals surface area contributed by atoms with Gasteiger partial charge in [-0.2, -0.15) is 0 Å². The third-order valence-electron chi connectivity index (χ3n) is 4.50. The topological polar surface area (TPSA) is 65.5 Å². The molecular weight excluding hydrogens is 322 g/mol. The largest absolute Gasteiger partial charge is 0.393 e. The quantitative estimate of drug-likeness (QED) is 0.895. The average Bonchev–Trinajstić information content (AvgIpc) is 3.09. The Bertz CT molecular complexity index is 664. The van der Waals surface area contributed by atoms with Gasteiger partial charge < -0.3 is 15.3 Å². The summed E-state index contributed by atoms with van der Waals surface area (Å²) in [4.78, 5) is 18.7. The first-order valence-electron chi connectivity index (χ1n) is 8.34. The van der Waals surface area contributed by atoms with E-state index in [9.17, 15) is 9.90 Å². The molecule has 128 valence electrons. The smallest absolute Gasteiger partial charge is 0.317 e.